The number of hydrogen-bond donors (Lipinski definition) is 1. The monoisotopic (exact) mass is 377 g/mol. The highest BCUT2D eigenvalue weighted by Crippen LogP contribution is 2.25. The van der Waals surface area contributed by atoms with Crippen molar-refractivity contribution in [2.45, 2.75) is 13.5 Å². The topological polar surface area (TPSA) is 48.6 Å². The van der Waals surface area contributed by atoms with Crippen molar-refractivity contribution in [1.29, 1.82) is 0 Å². The molecule has 5 nitrogen and oxygen atoms in total. The maximum Gasteiger partial charge on any atom is 0.194 e. The Labute approximate surface area is 165 Å². The van der Waals surface area contributed by atoms with Crippen LogP contribution in [0.3, 0.4) is 0 Å². The van der Waals surface area contributed by atoms with Crippen molar-refractivity contribution in [3.63, 3.8) is 0 Å². The second-order valence-electron chi connectivity index (χ2n) is 7.30. The number of fused-ring (bicyclic) bond motifs is 1. The Hall–Kier alpha value is -2.63. The lowest BCUT2D eigenvalue weighted by atomic mass is 10.0. The number of nitrogens with one attached hydrogen (secondary N) is 1. The SMILES string of the molecule is CCN1CCN(Cc2c(-c3ccccc3)[nH]c3ccc(OC)cc3c2=O)CC1. The van der Waals surface area contributed by atoms with Crippen LogP contribution in [0.15, 0.2) is 53.3 Å². The van der Waals surface area contributed by atoms with Gasteiger partial charge in [-0.15, -0.1) is 0 Å². The van der Waals surface area contributed by atoms with Gasteiger partial charge in [0.25, 0.3) is 0 Å². The van der Waals surface area contributed by atoms with E-state index < -0.39 is 0 Å². The minimum Gasteiger partial charge on any atom is -0.497 e. The van der Waals surface area contributed by atoms with Crippen molar-refractivity contribution in [2.75, 3.05) is 39.8 Å². The number of nitrogens with zero attached hydrogens (tertiary/aromatic N) is 2. The first kappa shape index (κ1) is 18.7. The van der Waals surface area contributed by atoms with Crippen molar-refractivity contribution in [2.24, 2.45) is 0 Å². The van der Waals surface area contributed by atoms with Gasteiger partial charge in [0, 0.05) is 43.7 Å². The molecule has 0 atom stereocenters. The molecule has 0 bridgehead atoms. The lowest BCUT2D eigenvalue weighted by Crippen LogP contribution is -2.46. The van der Waals surface area contributed by atoms with Crippen molar-refractivity contribution in [1.82, 2.24) is 14.8 Å². The molecule has 5 heteroatoms. The molecule has 1 saturated heterocycles. The summed E-state index contributed by atoms with van der Waals surface area (Å²) >= 11 is 0. The fraction of sp³-hybridized carbons (Fsp3) is 0.348. The highest BCUT2D eigenvalue weighted by molar-refractivity contribution is 5.84. The number of benzene rings is 2. The lowest BCUT2D eigenvalue weighted by Gasteiger charge is -2.34. The molecule has 1 aromatic heterocycles. The highest BCUT2D eigenvalue weighted by Gasteiger charge is 2.20. The second kappa shape index (κ2) is 8.17. The van der Waals surface area contributed by atoms with E-state index in [9.17, 15) is 4.79 Å². The first-order chi connectivity index (χ1) is 13.7. The molecule has 0 amide bonds. The zero-order chi connectivity index (χ0) is 19.5. The Kier molecular flexibility index (Phi) is 5.46. The van der Waals surface area contributed by atoms with Crippen LogP contribution in [-0.2, 0) is 6.54 Å². The Morgan fingerprint density at radius 1 is 1.00 bits per heavy atom. The molecule has 1 aliphatic heterocycles. The van der Waals surface area contributed by atoms with Gasteiger partial charge < -0.3 is 14.6 Å². The molecule has 28 heavy (non-hydrogen) atoms. The maximum atomic E-state index is 13.5. The van der Waals surface area contributed by atoms with Crippen LogP contribution in [0.5, 0.6) is 5.75 Å². The third-order valence-corrected chi connectivity index (χ3v) is 5.66. The van der Waals surface area contributed by atoms with Crippen molar-refractivity contribution in [3.05, 3.63) is 64.3 Å². The Balaban J connectivity index is 1.79. The summed E-state index contributed by atoms with van der Waals surface area (Å²) in [4.78, 5) is 21.8. The summed E-state index contributed by atoms with van der Waals surface area (Å²) in [6.07, 6.45) is 0. The van der Waals surface area contributed by atoms with Gasteiger partial charge in [-0.2, -0.15) is 0 Å². The smallest absolute Gasteiger partial charge is 0.194 e. The molecule has 0 saturated carbocycles. The Morgan fingerprint density at radius 3 is 2.39 bits per heavy atom. The van der Waals surface area contributed by atoms with Crippen molar-refractivity contribution in [3.8, 4) is 17.0 Å². The Bertz CT molecular complexity index is 1010. The third kappa shape index (κ3) is 3.68. The van der Waals surface area contributed by atoms with E-state index in [1.54, 1.807) is 7.11 Å². The van der Waals surface area contributed by atoms with E-state index >= 15 is 0 Å². The molecule has 0 unspecified atom stereocenters. The Morgan fingerprint density at radius 2 is 1.71 bits per heavy atom. The molecule has 146 valence electrons. The number of H-pyrrole nitrogens is 1. The van der Waals surface area contributed by atoms with E-state index in [1.807, 2.05) is 36.4 Å². The number of hydrogen-bond acceptors (Lipinski definition) is 4. The van der Waals surface area contributed by atoms with Gasteiger partial charge in [0.15, 0.2) is 5.43 Å². The van der Waals surface area contributed by atoms with Gasteiger partial charge in [-0.1, -0.05) is 37.3 Å². The van der Waals surface area contributed by atoms with Crippen LogP contribution in [0.1, 0.15) is 12.5 Å². The minimum atomic E-state index is 0.0874. The van der Waals surface area contributed by atoms with Crippen LogP contribution in [0, 0.1) is 0 Å². The average molecular weight is 377 g/mol. The second-order valence-corrected chi connectivity index (χ2v) is 7.30. The summed E-state index contributed by atoms with van der Waals surface area (Å²) in [6.45, 7) is 8.01. The molecule has 4 rings (SSSR count). The molecular weight excluding hydrogens is 350 g/mol. The molecule has 1 fully saturated rings. The van der Waals surface area contributed by atoms with Gasteiger partial charge >= 0.3 is 0 Å². The number of aromatic amines is 1. The molecule has 0 radical (unpaired) electrons. The number of methoxy groups -OCH3 is 1. The van der Waals surface area contributed by atoms with Crippen molar-refractivity contribution < 1.29 is 4.74 Å². The van der Waals surface area contributed by atoms with E-state index in [0.29, 0.717) is 17.7 Å². The number of aromatic nitrogens is 1. The highest BCUT2D eigenvalue weighted by atomic mass is 16.5. The number of rotatable bonds is 5. The van der Waals surface area contributed by atoms with Gasteiger partial charge in [0.05, 0.1) is 18.3 Å². The lowest BCUT2D eigenvalue weighted by molar-refractivity contribution is 0.132. The molecule has 3 aromatic rings. The van der Waals surface area contributed by atoms with Gasteiger partial charge in [-0.3, -0.25) is 9.69 Å². The average Bonchev–Trinajstić information content (AvgIpc) is 2.76. The van der Waals surface area contributed by atoms with Gasteiger partial charge in [-0.05, 0) is 30.3 Å². The van der Waals surface area contributed by atoms with E-state index in [-0.39, 0.29) is 5.43 Å². The van der Waals surface area contributed by atoms with E-state index in [1.165, 1.54) is 0 Å². The third-order valence-electron chi connectivity index (χ3n) is 5.66. The quantitative estimate of drug-likeness (QED) is 0.741. The van der Waals surface area contributed by atoms with Gasteiger partial charge in [0.2, 0.25) is 0 Å². The fourth-order valence-corrected chi connectivity index (χ4v) is 3.92. The number of ether oxygens (including phenoxy) is 1. The molecule has 1 N–H and O–H groups in total. The summed E-state index contributed by atoms with van der Waals surface area (Å²) in [5, 5.41) is 0.682. The largest absolute Gasteiger partial charge is 0.497 e. The summed E-state index contributed by atoms with van der Waals surface area (Å²) in [5.74, 6) is 0.702. The molecule has 2 aromatic carbocycles. The standard InChI is InChI=1S/C23H27N3O2/c1-3-25-11-13-26(14-12-25)16-20-22(17-7-5-4-6-8-17)24-21-10-9-18(28-2)15-19(21)23(20)27/h4-10,15H,3,11-14,16H2,1-2H3,(H,24,27). The van der Waals surface area contributed by atoms with Gasteiger partial charge in [-0.25, -0.2) is 0 Å². The van der Waals surface area contributed by atoms with Crippen LogP contribution < -0.4 is 10.2 Å². The fourth-order valence-electron chi connectivity index (χ4n) is 3.92. The summed E-state index contributed by atoms with van der Waals surface area (Å²) in [6, 6.07) is 15.8. The first-order valence-corrected chi connectivity index (χ1v) is 9.92. The number of piperazine rings is 1. The number of likely N-dealkylation sites (N-methyl/N-ethyl adjacent to an activating group) is 1. The first-order valence-electron chi connectivity index (χ1n) is 9.92. The van der Waals surface area contributed by atoms with Crippen LogP contribution in [0.25, 0.3) is 22.2 Å². The van der Waals surface area contributed by atoms with Gasteiger partial charge in [0.1, 0.15) is 5.75 Å². The molecule has 2 heterocycles. The zero-order valence-electron chi connectivity index (χ0n) is 16.6. The van der Waals surface area contributed by atoms with Crippen molar-refractivity contribution >= 4 is 10.9 Å². The van der Waals surface area contributed by atoms with Crippen LogP contribution in [0.2, 0.25) is 0 Å². The van der Waals surface area contributed by atoms with Crippen LogP contribution in [-0.4, -0.2) is 54.6 Å². The molecule has 1 aliphatic rings. The summed E-state index contributed by atoms with van der Waals surface area (Å²) in [5.41, 5.74) is 3.71. The van der Waals surface area contributed by atoms with E-state index in [0.717, 1.165) is 55.1 Å². The van der Waals surface area contributed by atoms with Crippen LogP contribution in [0.4, 0.5) is 0 Å². The zero-order valence-corrected chi connectivity index (χ0v) is 16.6. The molecular formula is C23H27N3O2. The van der Waals surface area contributed by atoms with Crippen LogP contribution >= 0.6 is 0 Å². The predicted octanol–water partition coefficient (Wildman–Crippen LogP) is 3.34. The minimum absolute atomic E-state index is 0.0874. The normalized spacial score (nSPS) is 15.8. The number of pyridine rings is 1. The summed E-state index contributed by atoms with van der Waals surface area (Å²) < 4.78 is 5.34. The molecule has 0 spiro atoms. The predicted molar refractivity (Wildman–Crippen MR) is 114 cm³/mol. The maximum absolute atomic E-state index is 13.5. The molecule has 0 aliphatic carbocycles. The van der Waals surface area contributed by atoms with E-state index in [4.69, 9.17) is 4.74 Å². The summed E-state index contributed by atoms with van der Waals surface area (Å²) in [7, 11) is 1.63. The van der Waals surface area contributed by atoms with E-state index in [2.05, 4.69) is 33.8 Å².